The molecule has 2 saturated carbocycles. The summed E-state index contributed by atoms with van der Waals surface area (Å²) >= 11 is 0. The number of rotatable bonds is 5. The molecule has 2 atom stereocenters. The third-order valence-electron chi connectivity index (χ3n) is 4.90. The van der Waals surface area contributed by atoms with E-state index < -0.39 is 16.8 Å². The van der Waals surface area contributed by atoms with Gasteiger partial charge in [0.1, 0.15) is 5.82 Å². The van der Waals surface area contributed by atoms with Crippen molar-refractivity contribution in [3.63, 3.8) is 0 Å². The van der Waals surface area contributed by atoms with Crippen molar-refractivity contribution < 1.29 is 44.3 Å². The standard InChI is InChI=1S/C15H19N3O3.Na/c1-10-7-17-11(18-8-10)3-6-16-12(19)14-4-2-5-15(14,9-14)13(20)21;/h7-8H,2-6,9H2,1H3,(H,16,19)(H,20,21);/q;+1/p-1/t14-,15+;/m0./s1. The smallest absolute Gasteiger partial charge is 0.550 e. The maximum atomic E-state index is 12.3. The summed E-state index contributed by atoms with van der Waals surface area (Å²) in [6, 6.07) is 0. The number of hydrogen-bond donors (Lipinski definition) is 1. The van der Waals surface area contributed by atoms with Crippen LogP contribution in [0.2, 0.25) is 0 Å². The number of aliphatic carboxylic acids is 1. The van der Waals surface area contributed by atoms with E-state index in [2.05, 4.69) is 15.3 Å². The minimum atomic E-state index is -1.07. The van der Waals surface area contributed by atoms with Gasteiger partial charge >= 0.3 is 29.6 Å². The summed E-state index contributed by atoms with van der Waals surface area (Å²) in [5.41, 5.74) is -0.637. The summed E-state index contributed by atoms with van der Waals surface area (Å²) in [6.45, 7) is 2.34. The predicted octanol–water partition coefficient (Wildman–Crippen LogP) is -3.24. The van der Waals surface area contributed by atoms with E-state index in [4.69, 9.17) is 0 Å². The van der Waals surface area contributed by atoms with Crippen LogP contribution in [0.1, 0.15) is 37.1 Å². The van der Waals surface area contributed by atoms with E-state index >= 15 is 0 Å². The van der Waals surface area contributed by atoms with Crippen molar-refractivity contribution in [2.75, 3.05) is 6.54 Å². The first kappa shape index (κ1) is 17.4. The van der Waals surface area contributed by atoms with Gasteiger partial charge in [-0.05, 0) is 31.7 Å². The number of carbonyl (C=O) groups excluding carboxylic acids is 2. The first-order chi connectivity index (χ1) is 10.0. The molecule has 7 heteroatoms. The molecule has 0 spiro atoms. The zero-order chi connectivity index (χ0) is 15.1. The van der Waals surface area contributed by atoms with Crippen molar-refractivity contribution >= 4 is 11.9 Å². The minimum absolute atomic E-state index is 0. The largest absolute Gasteiger partial charge is 1.00 e. The maximum Gasteiger partial charge on any atom is 1.00 e. The van der Waals surface area contributed by atoms with Gasteiger partial charge in [-0.1, -0.05) is 6.42 Å². The number of nitrogens with zero attached hydrogens (tertiary/aromatic N) is 2. The second-order valence-electron chi connectivity index (χ2n) is 6.16. The van der Waals surface area contributed by atoms with Crippen molar-refractivity contribution in [2.45, 2.75) is 39.0 Å². The number of carboxylic acids is 1. The van der Waals surface area contributed by atoms with Gasteiger partial charge in [0.15, 0.2) is 0 Å². The normalized spacial score (nSPS) is 28.4. The van der Waals surface area contributed by atoms with Gasteiger partial charge in [0.05, 0.1) is 5.41 Å². The molecule has 0 aliphatic heterocycles. The summed E-state index contributed by atoms with van der Waals surface area (Å²) in [5, 5.41) is 14.1. The molecule has 1 aromatic rings. The van der Waals surface area contributed by atoms with E-state index in [1.54, 1.807) is 12.4 Å². The van der Waals surface area contributed by atoms with Crippen LogP contribution in [0.4, 0.5) is 0 Å². The Labute approximate surface area is 151 Å². The Morgan fingerprint density at radius 1 is 1.27 bits per heavy atom. The number of aromatic nitrogens is 2. The molecule has 1 amide bonds. The Hall–Kier alpha value is -0.980. The van der Waals surface area contributed by atoms with Gasteiger partial charge in [0.25, 0.3) is 0 Å². The molecule has 6 nitrogen and oxygen atoms in total. The molecule has 0 bridgehead atoms. The number of hydrogen-bond acceptors (Lipinski definition) is 5. The molecule has 22 heavy (non-hydrogen) atoms. The summed E-state index contributed by atoms with van der Waals surface area (Å²) < 4.78 is 0. The zero-order valence-electron chi connectivity index (χ0n) is 13.0. The van der Waals surface area contributed by atoms with Crippen molar-refractivity contribution in [3.05, 3.63) is 23.8 Å². The number of fused-ring (bicyclic) bond motifs is 1. The Morgan fingerprint density at radius 2 is 1.91 bits per heavy atom. The Kier molecular flexibility index (Phi) is 4.94. The summed E-state index contributed by atoms with van der Waals surface area (Å²) in [5.74, 6) is -0.555. The van der Waals surface area contributed by atoms with Crippen LogP contribution in [0.15, 0.2) is 12.4 Å². The van der Waals surface area contributed by atoms with Crippen LogP contribution >= 0.6 is 0 Å². The van der Waals surface area contributed by atoms with Crippen LogP contribution in [0.3, 0.4) is 0 Å². The zero-order valence-corrected chi connectivity index (χ0v) is 15.0. The van der Waals surface area contributed by atoms with Crippen molar-refractivity contribution in [1.29, 1.82) is 0 Å². The van der Waals surface area contributed by atoms with Gasteiger partial charge in [-0.15, -0.1) is 0 Å². The summed E-state index contributed by atoms with van der Waals surface area (Å²) in [4.78, 5) is 32.0. The van der Waals surface area contributed by atoms with Crippen LogP contribution in [-0.4, -0.2) is 28.4 Å². The molecule has 0 aromatic carbocycles. The molecule has 0 unspecified atom stereocenters. The fraction of sp³-hybridized carbons (Fsp3) is 0.600. The number of amides is 1. The second-order valence-corrected chi connectivity index (χ2v) is 6.16. The third kappa shape index (κ3) is 2.68. The molecular weight excluding hydrogens is 293 g/mol. The van der Waals surface area contributed by atoms with Gasteiger partial charge in [0, 0.05) is 36.7 Å². The van der Waals surface area contributed by atoms with E-state index in [0.717, 1.165) is 12.0 Å². The molecule has 112 valence electrons. The molecule has 2 aliphatic rings. The summed E-state index contributed by atoms with van der Waals surface area (Å²) in [7, 11) is 0. The van der Waals surface area contributed by atoms with Crippen LogP contribution in [0, 0.1) is 17.8 Å². The maximum absolute atomic E-state index is 12.3. The molecular formula is C15H18N3NaO3. The topological polar surface area (TPSA) is 95.0 Å². The molecule has 1 aromatic heterocycles. The van der Waals surface area contributed by atoms with Crippen LogP contribution in [0.25, 0.3) is 0 Å². The molecule has 0 radical (unpaired) electrons. The molecule has 1 heterocycles. The first-order valence-electron chi connectivity index (χ1n) is 7.27. The van der Waals surface area contributed by atoms with Gasteiger partial charge in [-0.3, -0.25) is 4.79 Å². The van der Waals surface area contributed by atoms with Crippen LogP contribution < -0.4 is 40.0 Å². The van der Waals surface area contributed by atoms with E-state index in [1.165, 1.54) is 0 Å². The number of aryl methyl sites for hydroxylation is 1. The van der Waals surface area contributed by atoms with Crippen molar-refractivity contribution in [2.24, 2.45) is 10.8 Å². The molecule has 1 N–H and O–H groups in total. The monoisotopic (exact) mass is 311 g/mol. The Balaban J connectivity index is 0.00000176. The van der Waals surface area contributed by atoms with Gasteiger partial charge in [-0.2, -0.15) is 0 Å². The summed E-state index contributed by atoms with van der Waals surface area (Å²) in [6.07, 6.45) is 6.43. The van der Waals surface area contributed by atoms with E-state index in [-0.39, 0.29) is 35.5 Å². The van der Waals surface area contributed by atoms with Gasteiger partial charge < -0.3 is 15.2 Å². The van der Waals surface area contributed by atoms with Crippen LogP contribution in [-0.2, 0) is 16.0 Å². The van der Waals surface area contributed by atoms with E-state index in [9.17, 15) is 14.7 Å². The Morgan fingerprint density at radius 3 is 2.50 bits per heavy atom. The number of nitrogens with one attached hydrogen (secondary N) is 1. The van der Waals surface area contributed by atoms with Gasteiger partial charge in [0.2, 0.25) is 5.91 Å². The number of carboxylic acid groups (broad SMARTS) is 1. The molecule has 2 aliphatic carbocycles. The average Bonchev–Trinajstić information content (AvgIpc) is 2.99. The predicted molar refractivity (Wildman–Crippen MR) is 71.8 cm³/mol. The molecule has 3 rings (SSSR count). The molecule has 0 saturated heterocycles. The SMILES string of the molecule is Cc1cnc(CCNC(=O)[C@@]23CCC[C@]2(C(=O)[O-])C3)nc1.[Na+]. The average molecular weight is 311 g/mol. The minimum Gasteiger partial charge on any atom is -0.550 e. The molecule has 2 fully saturated rings. The van der Waals surface area contributed by atoms with Crippen LogP contribution in [0.5, 0.6) is 0 Å². The van der Waals surface area contributed by atoms with Gasteiger partial charge in [-0.25, -0.2) is 9.97 Å². The first-order valence-corrected chi connectivity index (χ1v) is 7.27. The van der Waals surface area contributed by atoms with E-state index in [1.807, 2.05) is 6.92 Å². The quantitative estimate of drug-likeness (QED) is 0.577. The fourth-order valence-electron chi connectivity index (χ4n) is 3.60. The second kappa shape index (κ2) is 6.26. The third-order valence-corrected chi connectivity index (χ3v) is 4.90. The fourth-order valence-corrected chi connectivity index (χ4v) is 3.60. The van der Waals surface area contributed by atoms with Crippen molar-refractivity contribution in [3.8, 4) is 0 Å². The Bertz CT molecular complexity index is 592. The van der Waals surface area contributed by atoms with Crippen molar-refractivity contribution in [1.82, 2.24) is 15.3 Å². The van der Waals surface area contributed by atoms with E-state index in [0.29, 0.717) is 38.1 Å². The number of carbonyl (C=O) groups is 2.